The van der Waals surface area contributed by atoms with Crippen LogP contribution in [0, 0.1) is 0 Å². The molecule has 0 unspecified atom stereocenters. The molecule has 8 aromatic rings. The number of benzene rings is 5. The van der Waals surface area contributed by atoms with Gasteiger partial charge in [0.15, 0.2) is 17.5 Å². The summed E-state index contributed by atoms with van der Waals surface area (Å²) < 4.78 is 2.31. The average molecular weight is 552 g/mol. The second kappa shape index (κ2) is 10.5. The molecule has 0 amide bonds. The molecule has 43 heavy (non-hydrogen) atoms. The highest BCUT2D eigenvalue weighted by Crippen LogP contribution is 2.33. The predicted octanol–water partition coefficient (Wildman–Crippen LogP) is 9.03. The van der Waals surface area contributed by atoms with Gasteiger partial charge in [-0.2, -0.15) is 0 Å². The molecule has 0 bridgehead atoms. The van der Waals surface area contributed by atoms with Crippen LogP contribution < -0.4 is 0 Å². The van der Waals surface area contributed by atoms with Crippen molar-refractivity contribution in [3.8, 4) is 51.1 Å². The maximum Gasteiger partial charge on any atom is 0.164 e. The molecule has 202 valence electrons. The molecule has 5 aromatic carbocycles. The molecule has 0 saturated heterocycles. The lowest BCUT2D eigenvalue weighted by atomic mass is 10.1. The first-order valence-corrected chi connectivity index (χ1v) is 14.2. The highest BCUT2D eigenvalue weighted by atomic mass is 15.0. The summed E-state index contributed by atoms with van der Waals surface area (Å²) in [6, 6.07) is 49.7. The van der Waals surface area contributed by atoms with Crippen LogP contribution >= 0.6 is 0 Å². The zero-order valence-corrected chi connectivity index (χ0v) is 23.2. The summed E-state index contributed by atoms with van der Waals surface area (Å²) in [5, 5.41) is 2.48. The van der Waals surface area contributed by atoms with Gasteiger partial charge in [0, 0.05) is 44.9 Å². The normalized spacial score (nSPS) is 11.3. The van der Waals surface area contributed by atoms with Crippen molar-refractivity contribution in [3.63, 3.8) is 0 Å². The Bertz CT molecular complexity index is 2150. The summed E-state index contributed by atoms with van der Waals surface area (Å²) in [6.45, 7) is 0. The third-order valence-electron chi connectivity index (χ3n) is 7.73. The van der Waals surface area contributed by atoms with Gasteiger partial charge in [-0.1, -0.05) is 97.1 Å². The Balaban J connectivity index is 1.22. The van der Waals surface area contributed by atoms with Crippen LogP contribution in [0.1, 0.15) is 0 Å². The highest BCUT2D eigenvalue weighted by molar-refractivity contribution is 6.09. The number of pyridine rings is 1. The Labute approximate surface area is 248 Å². The molecule has 5 heteroatoms. The van der Waals surface area contributed by atoms with E-state index in [1.165, 1.54) is 21.8 Å². The molecular formula is C38H25N5. The van der Waals surface area contributed by atoms with Crippen LogP contribution in [0.2, 0.25) is 0 Å². The summed E-state index contributed by atoms with van der Waals surface area (Å²) in [4.78, 5) is 19.2. The lowest BCUT2D eigenvalue weighted by Crippen LogP contribution is -2.00. The van der Waals surface area contributed by atoms with Crippen molar-refractivity contribution in [1.29, 1.82) is 0 Å². The minimum atomic E-state index is 0.628. The van der Waals surface area contributed by atoms with Gasteiger partial charge in [0.25, 0.3) is 0 Å². The minimum absolute atomic E-state index is 0.628. The molecule has 0 aliphatic carbocycles. The Morgan fingerprint density at radius 3 is 1.40 bits per heavy atom. The van der Waals surface area contributed by atoms with E-state index < -0.39 is 0 Å². The zero-order valence-electron chi connectivity index (χ0n) is 23.2. The van der Waals surface area contributed by atoms with Crippen LogP contribution in [0.5, 0.6) is 0 Å². The lowest BCUT2D eigenvalue weighted by molar-refractivity contribution is 1.07. The second-order valence-corrected chi connectivity index (χ2v) is 10.4. The van der Waals surface area contributed by atoms with Gasteiger partial charge in [-0.3, -0.25) is 4.98 Å². The van der Waals surface area contributed by atoms with Crippen molar-refractivity contribution in [3.05, 3.63) is 152 Å². The van der Waals surface area contributed by atoms with Gasteiger partial charge in [0.2, 0.25) is 0 Å². The van der Waals surface area contributed by atoms with Gasteiger partial charge < -0.3 is 4.57 Å². The van der Waals surface area contributed by atoms with Gasteiger partial charge in [0.05, 0.1) is 16.7 Å². The molecule has 3 heterocycles. The fourth-order valence-electron chi connectivity index (χ4n) is 5.63. The lowest BCUT2D eigenvalue weighted by Gasteiger charge is -2.11. The van der Waals surface area contributed by atoms with E-state index in [2.05, 4.69) is 94.5 Å². The van der Waals surface area contributed by atoms with Gasteiger partial charge in [-0.25, -0.2) is 15.0 Å². The zero-order chi connectivity index (χ0) is 28.6. The quantitative estimate of drug-likeness (QED) is 0.214. The number of nitrogens with zero attached hydrogens (tertiary/aromatic N) is 5. The van der Waals surface area contributed by atoms with Crippen LogP contribution in [0.15, 0.2) is 152 Å². The Morgan fingerprint density at radius 1 is 0.372 bits per heavy atom. The van der Waals surface area contributed by atoms with E-state index in [4.69, 9.17) is 15.0 Å². The first-order valence-electron chi connectivity index (χ1n) is 14.2. The molecule has 0 aliphatic rings. The van der Waals surface area contributed by atoms with Crippen LogP contribution in [-0.2, 0) is 0 Å². The molecule has 0 radical (unpaired) electrons. The molecule has 0 atom stereocenters. The van der Waals surface area contributed by atoms with E-state index in [9.17, 15) is 0 Å². The third-order valence-corrected chi connectivity index (χ3v) is 7.73. The Kier molecular flexibility index (Phi) is 6.05. The Morgan fingerprint density at radius 2 is 0.837 bits per heavy atom. The minimum Gasteiger partial charge on any atom is -0.309 e. The summed E-state index contributed by atoms with van der Waals surface area (Å²) in [6.07, 6.45) is 1.81. The Hall–Kier alpha value is -5.94. The topological polar surface area (TPSA) is 56.5 Å². The van der Waals surface area contributed by atoms with E-state index in [0.29, 0.717) is 17.5 Å². The van der Waals surface area contributed by atoms with E-state index in [1.807, 2.05) is 60.7 Å². The molecule has 3 aromatic heterocycles. The van der Waals surface area contributed by atoms with Gasteiger partial charge in [-0.05, 0) is 48.5 Å². The molecule has 0 aliphatic heterocycles. The molecule has 0 saturated carbocycles. The van der Waals surface area contributed by atoms with E-state index >= 15 is 0 Å². The fraction of sp³-hybridized carbons (Fsp3) is 0. The summed E-state index contributed by atoms with van der Waals surface area (Å²) in [5.74, 6) is 1.90. The van der Waals surface area contributed by atoms with Gasteiger partial charge >= 0.3 is 0 Å². The summed E-state index contributed by atoms with van der Waals surface area (Å²) in [5.41, 5.74) is 8.21. The summed E-state index contributed by atoms with van der Waals surface area (Å²) >= 11 is 0. The largest absolute Gasteiger partial charge is 0.309 e. The van der Waals surface area contributed by atoms with Gasteiger partial charge in [0.1, 0.15) is 0 Å². The van der Waals surface area contributed by atoms with Crippen LogP contribution in [0.25, 0.3) is 72.9 Å². The number of para-hydroxylation sites is 2. The van der Waals surface area contributed by atoms with Crippen molar-refractivity contribution in [2.24, 2.45) is 0 Å². The van der Waals surface area contributed by atoms with E-state index in [-0.39, 0.29) is 0 Å². The van der Waals surface area contributed by atoms with Crippen LogP contribution in [-0.4, -0.2) is 24.5 Å². The third kappa shape index (κ3) is 4.53. The molecular weight excluding hydrogens is 526 g/mol. The molecule has 8 rings (SSSR count). The first kappa shape index (κ1) is 24.8. The summed E-state index contributed by atoms with van der Waals surface area (Å²) in [7, 11) is 0. The van der Waals surface area contributed by atoms with Crippen LogP contribution in [0.4, 0.5) is 0 Å². The predicted molar refractivity (Wildman–Crippen MR) is 174 cm³/mol. The smallest absolute Gasteiger partial charge is 0.164 e. The number of fused-ring (bicyclic) bond motifs is 3. The molecule has 0 spiro atoms. The SMILES string of the molecule is c1ccc(-c2nc(-c3ccc(-c4ccccn4)cc3)nc(-c3ccc(-n4c5ccccc5c5ccccc54)cc3)n2)cc1. The number of aromatic nitrogens is 5. The van der Waals surface area contributed by atoms with Crippen molar-refractivity contribution < 1.29 is 0 Å². The van der Waals surface area contributed by atoms with Crippen molar-refractivity contribution in [1.82, 2.24) is 24.5 Å². The van der Waals surface area contributed by atoms with Crippen molar-refractivity contribution in [2.45, 2.75) is 0 Å². The standard InChI is InChI=1S/C38H25N5/c1-2-10-27(11-3-1)36-40-37(28-19-17-26(18-20-28)33-14-8-9-25-39-33)42-38(41-36)29-21-23-30(24-22-29)43-34-15-6-4-12-31(34)32-13-5-7-16-35(32)43/h1-25H. The maximum atomic E-state index is 4.95. The monoisotopic (exact) mass is 551 g/mol. The highest BCUT2D eigenvalue weighted by Gasteiger charge is 2.15. The number of rotatable bonds is 5. The molecule has 0 fully saturated rings. The van der Waals surface area contributed by atoms with Gasteiger partial charge in [-0.15, -0.1) is 0 Å². The molecule has 5 nitrogen and oxygen atoms in total. The second-order valence-electron chi connectivity index (χ2n) is 10.4. The maximum absolute atomic E-state index is 4.95. The first-order chi connectivity index (χ1) is 21.3. The number of hydrogen-bond acceptors (Lipinski definition) is 4. The fourth-order valence-corrected chi connectivity index (χ4v) is 5.63. The van der Waals surface area contributed by atoms with Crippen molar-refractivity contribution >= 4 is 21.8 Å². The average Bonchev–Trinajstić information content (AvgIpc) is 3.43. The number of hydrogen-bond donors (Lipinski definition) is 0. The van der Waals surface area contributed by atoms with E-state index in [0.717, 1.165) is 33.6 Å². The van der Waals surface area contributed by atoms with Crippen molar-refractivity contribution in [2.75, 3.05) is 0 Å². The van der Waals surface area contributed by atoms with Crippen LogP contribution in [0.3, 0.4) is 0 Å². The van der Waals surface area contributed by atoms with E-state index in [1.54, 1.807) is 6.20 Å². The molecule has 0 N–H and O–H groups in total.